The van der Waals surface area contributed by atoms with Crippen molar-refractivity contribution in [1.82, 2.24) is 5.32 Å². The van der Waals surface area contributed by atoms with Gasteiger partial charge in [-0.25, -0.2) is 4.79 Å². The molecule has 1 saturated heterocycles. The van der Waals surface area contributed by atoms with E-state index in [0.717, 1.165) is 51.2 Å². The number of nitrogens with one attached hydrogen (secondary N) is 1. The van der Waals surface area contributed by atoms with Gasteiger partial charge in [-0.3, -0.25) is 24.0 Å². The largest absolute Gasteiger partial charge is 0.466 e. The first-order valence-electron chi connectivity index (χ1n) is 12.8. The summed E-state index contributed by atoms with van der Waals surface area (Å²) in [6, 6.07) is 8.17. The zero-order chi connectivity index (χ0) is 31.4. The van der Waals surface area contributed by atoms with Gasteiger partial charge in [-0.1, -0.05) is 41.1 Å². The van der Waals surface area contributed by atoms with Gasteiger partial charge in [0.25, 0.3) is 0 Å². The number of ether oxygens (including phenoxy) is 6. The highest BCUT2D eigenvalue weighted by Gasteiger charge is 2.58. The van der Waals surface area contributed by atoms with Crippen LogP contribution < -0.4 is 5.32 Å². The second-order valence-electron chi connectivity index (χ2n) is 9.26. The number of amides is 1. The van der Waals surface area contributed by atoms with E-state index in [1.807, 2.05) is 30.3 Å². The molecular weight excluding hydrogens is 594 g/mol. The third-order valence-corrected chi connectivity index (χ3v) is 8.54. The standard InChI is InChI=1S/C27H35NO12S2/c1-15(29)28-23-21(37-17(3)31)12-27(26(34)35-6,42-41-14-20-10-8-7-9-11-20)40-25(23)24(39-19(5)33)22(38-18(4)32)13-36-16(2)30/h7-11,21-25H,12-14H2,1-6H3,(H,28,29)/t21-,22+,23+,24+,25+,27-/m0/s1. The van der Waals surface area contributed by atoms with Gasteiger partial charge in [0, 0.05) is 46.8 Å². The van der Waals surface area contributed by atoms with Gasteiger partial charge in [0.2, 0.25) is 10.8 Å². The van der Waals surface area contributed by atoms with Crippen LogP contribution in [-0.4, -0.2) is 84.9 Å². The fourth-order valence-corrected chi connectivity index (χ4v) is 7.04. The van der Waals surface area contributed by atoms with Crippen LogP contribution in [0.1, 0.15) is 46.6 Å². The molecule has 0 bridgehead atoms. The smallest absolute Gasteiger partial charge is 0.349 e. The lowest BCUT2D eigenvalue weighted by molar-refractivity contribution is -0.223. The minimum absolute atomic E-state index is 0.262. The topological polar surface area (TPSA) is 170 Å². The van der Waals surface area contributed by atoms with Crippen LogP contribution in [0.5, 0.6) is 0 Å². The molecule has 1 heterocycles. The Morgan fingerprint density at radius 3 is 2.12 bits per heavy atom. The highest BCUT2D eigenvalue weighted by atomic mass is 33.1. The maximum absolute atomic E-state index is 13.4. The van der Waals surface area contributed by atoms with Crippen LogP contribution in [0, 0.1) is 0 Å². The van der Waals surface area contributed by atoms with Gasteiger partial charge in [0.15, 0.2) is 12.2 Å². The highest BCUT2D eigenvalue weighted by Crippen LogP contribution is 2.48. The Balaban J connectivity index is 2.65. The minimum Gasteiger partial charge on any atom is -0.466 e. The summed E-state index contributed by atoms with van der Waals surface area (Å²) in [7, 11) is 3.39. The molecule has 0 saturated carbocycles. The van der Waals surface area contributed by atoms with Crippen LogP contribution >= 0.6 is 21.6 Å². The van der Waals surface area contributed by atoms with Gasteiger partial charge in [-0.15, -0.1) is 0 Å². The van der Waals surface area contributed by atoms with Crippen molar-refractivity contribution in [2.45, 2.75) is 82.2 Å². The zero-order valence-electron chi connectivity index (χ0n) is 24.1. The normalized spacial score (nSPS) is 23.0. The van der Waals surface area contributed by atoms with E-state index in [-0.39, 0.29) is 6.42 Å². The maximum atomic E-state index is 13.4. The Hall–Kier alpha value is -3.30. The molecule has 1 aliphatic rings. The molecular formula is C27H35NO12S2. The van der Waals surface area contributed by atoms with E-state index in [4.69, 9.17) is 28.4 Å². The third kappa shape index (κ3) is 10.5. The van der Waals surface area contributed by atoms with Gasteiger partial charge in [0.1, 0.15) is 18.8 Å². The Kier molecular flexibility index (Phi) is 13.6. The SMILES string of the molecule is COC(=O)[C@@]1(SSCc2ccccc2)C[C@H](OC(C)=O)[C@@H](NC(C)=O)[C@H]([C@H](OC(C)=O)[C@@H](COC(C)=O)OC(C)=O)O1. The van der Waals surface area contributed by atoms with Gasteiger partial charge in [-0.05, 0) is 16.4 Å². The second kappa shape index (κ2) is 16.4. The summed E-state index contributed by atoms with van der Waals surface area (Å²) in [6.45, 7) is 5.11. The summed E-state index contributed by atoms with van der Waals surface area (Å²) < 4.78 is 33.0. The Labute approximate surface area is 251 Å². The van der Waals surface area contributed by atoms with Crippen molar-refractivity contribution in [3.8, 4) is 0 Å². The molecule has 0 aromatic heterocycles. The number of benzene rings is 1. The van der Waals surface area contributed by atoms with Crippen molar-refractivity contribution in [1.29, 1.82) is 0 Å². The molecule has 1 amide bonds. The van der Waals surface area contributed by atoms with Crippen LogP contribution in [0.3, 0.4) is 0 Å². The molecule has 6 atom stereocenters. The molecule has 0 radical (unpaired) electrons. The first-order valence-corrected chi connectivity index (χ1v) is 15.1. The fourth-order valence-electron chi connectivity index (χ4n) is 4.25. The summed E-state index contributed by atoms with van der Waals surface area (Å²) in [5.74, 6) is -4.05. The molecule has 1 aliphatic heterocycles. The predicted molar refractivity (Wildman–Crippen MR) is 150 cm³/mol. The Bertz CT molecular complexity index is 1130. The van der Waals surface area contributed by atoms with Crippen molar-refractivity contribution in [3.63, 3.8) is 0 Å². The van der Waals surface area contributed by atoms with Crippen molar-refractivity contribution < 1.29 is 57.2 Å². The van der Waals surface area contributed by atoms with E-state index >= 15 is 0 Å². The van der Waals surface area contributed by atoms with E-state index in [1.165, 1.54) is 17.7 Å². The summed E-state index contributed by atoms with van der Waals surface area (Å²) in [4.78, 5) is 72.0. The number of rotatable bonds is 13. The molecule has 42 heavy (non-hydrogen) atoms. The van der Waals surface area contributed by atoms with Gasteiger partial charge in [-0.2, -0.15) is 0 Å². The number of hydrogen-bond donors (Lipinski definition) is 1. The molecule has 0 unspecified atom stereocenters. The average Bonchev–Trinajstić information content (AvgIpc) is 2.90. The predicted octanol–water partition coefficient (Wildman–Crippen LogP) is 2.09. The van der Waals surface area contributed by atoms with Crippen molar-refractivity contribution in [2.24, 2.45) is 0 Å². The molecule has 13 nitrogen and oxygen atoms in total. The molecule has 1 aromatic carbocycles. The first-order chi connectivity index (χ1) is 19.8. The maximum Gasteiger partial charge on any atom is 0.349 e. The van der Waals surface area contributed by atoms with Gasteiger partial charge < -0.3 is 33.7 Å². The Morgan fingerprint density at radius 1 is 0.952 bits per heavy atom. The van der Waals surface area contributed by atoms with Crippen LogP contribution in [0.4, 0.5) is 0 Å². The van der Waals surface area contributed by atoms with E-state index < -0.39 is 77.8 Å². The van der Waals surface area contributed by atoms with Crippen LogP contribution in [-0.2, 0) is 62.9 Å². The van der Waals surface area contributed by atoms with Crippen LogP contribution in [0.2, 0.25) is 0 Å². The number of hydrogen-bond acceptors (Lipinski definition) is 14. The molecule has 15 heteroatoms. The Morgan fingerprint density at radius 2 is 1.60 bits per heavy atom. The lowest BCUT2D eigenvalue weighted by atomic mass is 9.89. The highest BCUT2D eigenvalue weighted by molar-refractivity contribution is 8.77. The van der Waals surface area contributed by atoms with Crippen molar-refractivity contribution in [3.05, 3.63) is 35.9 Å². The third-order valence-electron chi connectivity index (χ3n) is 5.76. The zero-order valence-corrected chi connectivity index (χ0v) is 25.7. The number of carbonyl (C=O) groups is 6. The fraction of sp³-hybridized carbons (Fsp3) is 0.556. The second-order valence-corrected chi connectivity index (χ2v) is 11.8. The van der Waals surface area contributed by atoms with E-state index in [1.54, 1.807) is 0 Å². The molecule has 1 fully saturated rings. The van der Waals surface area contributed by atoms with Crippen LogP contribution in [0.25, 0.3) is 0 Å². The molecule has 0 spiro atoms. The first kappa shape index (κ1) is 34.9. The quantitative estimate of drug-likeness (QED) is 0.191. The van der Waals surface area contributed by atoms with E-state index in [2.05, 4.69) is 5.32 Å². The average molecular weight is 630 g/mol. The number of esters is 5. The van der Waals surface area contributed by atoms with E-state index in [0.29, 0.717) is 5.75 Å². The summed E-state index contributed by atoms with van der Waals surface area (Å²) in [6.07, 6.45) is -5.92. The van der Waals surface area contributed by atoms with Crippen molar-refractivity contribution in [2.75, 3.05) is 13.7 Å². The molecule has 1 aromatic rings. The molecule has 2 rings (SSSR count). The summed E-state index contributed by atoms with van der Waals surface area (Å²) >= 11 is 0. The molecule has 1 N–H and O–H groups in total. The number of carbonyl (C=O) groups excluding carboxylic acids is 6. The summed E-state index contributed by atoms with van der Waals surface area (Å²) in [5.41, 5.74) is 0.948. The van der Waals surface area contributed by atoms with E-state index in [9.17, 15) is 28.8 Å². The summed E-state index contributed by atoms with van der Waals surface area (Å²) in [5, 5.41) is 2.64. The lowest BCUT2D eigenvalue weighted by Crippen LogP contribution is -2.67. The van der Waals surface area contributed by atoms with Crippen molar-refractivity contribution >= 4 is 57.3 Å². The number of methoxy groups -OCH3 is 1. The molecule has 232 valence electrons. The van der Waals surface area contributed by atoms with Gasteiger partial charge in [0.05, 0.1) is 13.2 Å². The monoisotopic (exact) mass is 629 g/mol. The van der Waals surface area contributed by atoms with Crippen LogP contribution in [0.15, 0.2) is 30.3 Å². The van der Waals surface area contributed by atoms with Gasteiger partial charge >= 0.3 is 29.8 Å². The lowest BCUT2D eigenvalue weighted by Gasteiger charge is -2.48. The molecule has 0 aliphatic carbocycles. The minimum atomic E-state index is -1.85.